The number of thioether (sulfide) groups is 1. The number of aryl methyl sites for hydroxylation is 1. The highest BCUT2D eigenvalue weighted by molar-refractivity contribution is 8.00. The summed E-state index contributed by atoms with van der Waals surface area (Å²) in [5.41, 5.74) is 4.54. The van der Waals surface area contributed by atoms with Crippen LogP contribution in [0.5, 0.6) is 0 Å². The van der Waals surface area contributed by atoms with E-state index in [4.69, 9.17) is 16.7 Å². The fraction of sp³-hybridized carbons (Fsp3) is 0.290. The highest BCUT2D eigenvalue weighted by Crippen LogP contribution is 2.49. The largest absolute Gasteiger partial charge is 0.339 e. The van der Waals surface area contributed by atoms with Gasteiger partial charge in [-0.1, -0.05) is 47.5 Å². The number of hydrogen-bond donors (Lipinski definition) is 0. The quantitative estimate of drug-likeness (QED) is 0.298. The number of carbonyl (C=O) groups excluding carboxylic acids is 3. The molecule has 1 atom stereocenters. The van der Waals surface area contributed by atoms with E-state index in [9.17, 15) is 14.4 Å². The predicted octanol–water partition coefficient (Wildman–Crippen LogP) is 5.42. The van der Waals surface area contributed by atoms with E-state index in [1.165, 1.54) is 11.8 Å². The summed E-state index contributed by atoms with van der Waals surface area (Å²) in [4.78, 5) is 45.5. The Morgan fingerprint density at radius 2 is 1.74 bits per heavy atom. The third-order valence-electron chi connectivity index (χ3n) is 7.64. The third kappa shape index (κ3) is 5.58. The molecular weight excluding hydrogens is 590 g/mol. The molecule has 0 N–H and O–H groups in total. The summed E-state index contributed by atoms with van der Waals surface area (Å²) in [6.45, 7) is 5.29. The van der Waals surface area contributed by atoms with E-state index >= 15 is 0 Å². The molecule has 0 bridgehead atoms. The number of carbonyl (C=O) groups is 3. The lowest BCUT2D eigenvalue weighted by molar-refractivity contribution is -0.137. The number of benzene rings is 2. The van der Waals surface area contributed by atoms with Crippen molar-refractivity contribution in [3.05, 3.63) is 87.8 Å². The molecule has 2 aromatic heterocycles. The van der Waals surface area contributed by atoms with Gasteiger partial charge in [-0.25, -0.2) is 4.68 Å². The van der Waals surface area contributed by atoms with E-state index in [2.05, 4.69) is 0 Å². The van der Waals surface area contributed by atoms with E-state index in [-0.39, 0.29) is 35.3 Å². The molecule has 11 heteroatoms. The zero-order valence-corrected chi connectivity index (χ0v) is 25.7. The van der Waals surface area contributed by atoms with Gasteiger partial charge in [0, 0.05) is 43.7 Å². The van der Waals surface area contributed by atoms with Crippen LogP contribution in [-0.4, -0.2) is 75.8 Å². The lowest BCUT2D eigenvalue weighted by atomic mass is 10.0. The fourth-order valence-corrected chi connectivity index (χ4v) is 7.53. The summed E-state index contributed by atoms with van der Waals surface area (Å²) in [5.74, 6) is 0.472. The average molecular weight is 620 g/mol. The second-order valence-electron chi connectivity index (χ2n) is 10.4. The Labute approximate surface area is 257 Å². The third-order valence-corrected chi connectivity index (χ3v) is 10.0. The summed E-state index contributed by atoms with van der Waals surface area (Å²) in [5, 5.41) is 7.52. The van der Waals surface area contributed by atoms with E-state index in [1.807, 2.05) is 77.6 Å². The van der Waals surface area contributed by atoms with Crippen LogP contribution in [0.2, 0.25) is 5.02 Å². The zero-order chi connectivity index (χ0) is 29.4. The molecule has 2 aromatic carbocycles. The SMILES string of the molecule is CC(=O)N1CCN(C(=O)CN2C(=O)CS[C@@H](c3cccc(Cl)c3)c3c(-c4cccs4)nn(-c4ccc(C)cc4)c32)CC1. The van der Waals surface area contributed by atoms with Crippen molar-refractivity contribution >= 4 is 58.2 Å². The number of piperazine rings is 1. The van der Waals surface area contributed by atoms with Gasteiger partial charge in [0.2, 0.25) is 17.7 Å². The minimum Gasteiger partial charge on any atom is -0.339 e. The van der Waals surface area contributed by atoms with Crippen LogP contribution in [0, 0.1) is 6.92 Å². The normalized spacial score (nSPS) is 17.3. The number of amides is 3. The number of rotatable bonds is 5. The fourth-order valence-electron chi connectivity index (χ4n) is 5.42. The summed E-state index contributed by atoms with van der Waals surface area (Å²) >= 11 is 9.56. The van der Waals surface area contributed by atoms with Crippen molar-refractivity contribution < 1.29 is 14.4 Å². The molecule has 4 aromatic rings. The zero-order valence-electron chi connectivity index (χ0n) is 23.3. The molecule has 42 heavy (non-hydrogen) atoms. The standard InChI is InChI=1S/C31H30ClN5O3S2/c1-20-8-10-24(11-9-20)37-31-28(29(33-37)25-7-4-16-41-25)30(22-5-3-6-23(32)17-22)42-19-27(40)36(31)18-26(39)35-14-12-34(13-15-35)21(2)38/h3-11,16-17,30H,12-15,18-19H2,1-2H3/t30-/m0/s1. The van der Waals surface area contributed by atoms with Gasteiger partial charge in [-0.05, 0) is 48.2 Å². The van der Waals surface area contributed by atoms with Crippen molar-refractivity contribution in [2.45, 2.75) is 19.1 Å². The van der Waals surface area contributed by atoms with Crippen molar-refractivity contribution in [2.75, 3.05) is 43.4 Å². The summed E-state index contributed by atoms with van der Waals surface area (Å²) < 4.78 is 1.81. The van der Waals surface area contributed by atoms with Crippen LogP contribution in [0.25, 0.3) is 16.3 Å². The van der Waals surface area contributed by atoms with Crippen LogP contribution in [0.1, 0.15) is 28.9 Å². The van der Waals surface area contributed by atoms with Crippen molar-refractivity contribution in [1.82, 2.24) is 19.6 Å². The predicted molar refractivity (Wildman–Crippen MR) is 169 cm³/mol. The van der Waals surface area contributed by atoms with Crippen LogP contribution in [0.4, 0.5) is 5.82 Å². The monoisotopic (exact) mass is 619 g/mol. The van der Waals surface area contributed by atoms with Gasteiger partial charge in [-0.2, -0.15) is 5.10 Å². The Kier molecular flexibility index (Phi) is 8.11. The van der Waals surface area contributed by atoms with Gasteiger partial charge in [-0.15, -0.1) is 23.1 Å². The molecule has 216 valence electrons. The summed E-state index contributed by atoms with van der Waals surface area (Å²) in [6, 6.07) is 19.7. The van der Waals surface area contributed by atoms with Gasteiger partial charge in [0.05, 0.1) is 21.6 Å². The van der Waals surface area contributed by atoms with Gasteiger partial charge >= 0.3 is 0 Å². The number of halogens is 1. The van der Waals surface area contributed by atoms with Crippen LogP contribution in [0.15, 0.2) is 66.0 Å². The molecule has 0 aliphatic carbocycles. The first-order valence-corrected chi connectivity index (χ1v) is 16.1. The second-order valence-corrected chi connectivity index (χ2v) is 12.9. The Balaban J connectivity index is 1.50. The van der Waals surface area contributed by atoms with E-state index in [0.29, 0.717) is 37.0 Å². The maximum atomic E-state index is 13.9. The number of nitrogens with zero attached hydrogens (tertiary/aromatic N) is 5. The Hall–Kier alpha value is -3.60. The van der Waals surface area contributed by atoms with Crippen LogP contribution in [0.3, 0.4) is 0 Å². The second kappa shape index (κ2) is 11.9. The molecule has 2 aliphatic heterocycles. The Bertz CT molecular complexity index is 1630. The van der Waals surface area contributed by atoms with Crippen molar-refractivity contribution in [3.8, 4) is 16.3 Å². The van der Waals surface area contributed by atoms with Gasteiger partial charge in [0.15, 0.2) is 0 Å². The average Bonchev–Trinajstić information content (AvgIpc) is 3.62. The van der Waals surface area contributed by atoms with E-state index < -0.39 is 0 Å². The van der Waals surface area contributed by atoms with Crippen molar-refractivity contribution in [1.29, 1.82) is 0 Å². The molecule has 0 unspecified atom stereocenters. The summed E-state index contributed by atoms with van der Waals surface area (Å²) in [7, 11) is 0. The van der Waals surface area contributed by atoms with Crippen LogP contribution < -0.4 is 4.90 Å². The number of hydrogen-bond acceptors (Lipinski definition) is 6. The molecule has 6 rings (SSSR count). The highest BCUT2D eigenvalue weighted by Gasteiger charge is 2.38. The number of thiophene rings is 1. The first kappa shape index (κ1) is 28.5. The molecule has 8 nitrogen and oxygen atoms in total. The summed E-state index contributed by atoms with van der Waals surface area (Å²) in [6.07, 6.45) is 0. The first-order chi connectivity index (χ1) is 20.3. The molecule has 0 radical (unpaired) electrons. The molecule has 1 saturated heterocycles. The van der Waals surface area contributed by atoms with Gasteiger partial charge in [-0.3, -0.25) is 19.3 Å². The minimum atomic E-state index is -0.238. The first-order valence-electron chi connectivity index (χ1n) is 13.7. The maximum Gasteiger partial charge on any atom is 0.242 e. The van der Waals surface area contributed by atoms with Gasteiger partial charge in [0.1, 0.15) is 18.1 Å². The Morgan fingerprint density at radius 3 is 2.40 bits per heavy atom. The molecule has 4 heterocycles. The Morgan fingerprint density at radius 1 is 1.00 bits per heavy atom. The minimum absolute atomic E-state index is 0.00150. The van der Waals surface area contributed by atoms with Crippen molar-refractivity contribution in [2.24, 2.45) is 0 Å². The van der Waals surface area contributed by atoms with Crippen molar-refractivity contribution in [3.63, 3.8) is 0 Å². The molecule has 0 spiro atoms. The maximum absolute atomic E-state index is 13.9. The van der Waals surface area contributed by atoms with Gasteiger partial charge < -0.3 is 9.80 Å². The topological polar surface area (TPSA) is 78.8 Å². The smallest absolute Gasteiger partial charge is 0.242 e. The van der Waals surface area contributed by atoms with Crippen LogP contribution >= 0.6 is 34.7 Å². The molecule has 1 fully saturated rings. The van der Waals surface area contributed by atoms with E-state index in [1.54, 1.807) is 33.0 Å². The number of fused-ring (bicyclic) bond motifs is 1. The number of anilines is 1. The van der Waals surface area contributed by atoms with Crippen LogP contribution in [-0.2, 0) is 14.4 Å². The lowest BCUT2D eigenvalue weighted by Crippen LogP contribution is -2.53. The molecule has 0 saturated carbocycles. The number of aromatic nitrogens is 2. The molecule has 3 amide bonds. The lowest BCUT2D eigenvalue weighted by Gasteiger charge is -2.35. The molecule has 2 aliphatic rings. The molecular formula is C31H30ClN5O3S2. The highest BCUT2D eigenvalue weighted by atomic mass is 35.5. The van der Waals surface area contributed by atoms with Gasteiger partial charge in [0.25, 0.3) is 0 Å². The van der Waals surface area contributed by atoms with E-state index in [0.717, 1.165) is 32.9 Å².